The van der Waals surface area contributed by atoms with Crippen molar-refractivity contribution in [2.75, 3.05) is 0 Å². The molecule has 0 bridgehead atoms. The Balaban J connectivity index is 1.51. The Kier molecular flexibility index (Phi) is 7.20. The average molecular weight is 416 g/mol. The minimum Gasteiger partial charge on any atom is -0.403 e. The molecule has 0 radical (unpaired) electrons. The molecule has 2 aromatic carbocycles. The quantitative estimate of drug-likeness (QED) is 0.379. The second kappa shape index (κ2) is 9.84. The first-order valence-corrected chi connectivity index (χ1v) is 10.2. The van der Waals surface area contributed by atoms with Crippen LogP contribution in [0.15, 0.2) is 54.6 Å². The van der Waals surface area contributed by atoms with Crippen molar-refractivity contribution in [1.82, 2.24) is 0 Å². The van der Waals surface area contributed by atoms with Gasteiger partial charge in [-0.05, 0) is 79.3 Å². The molecule has 1 fully saturated rings. The molecule has 0 heterocycles. The molecule has 158 valence electrons. The number of benzene rings is 2. The van der Waals surface area contributed by atoms with Gasteiger partial charge in [-0.1, -0.05) is 49.1 Å². The van der Waals surface area contributed by atoms with Gasteiger partial charge in [0.05, 0.1) is 0 Å². The molecule has 0 aromatic heterocycles. The lowest BCUT2D eigenvalue weighted by atomic mass is 9.78. The molecule has 1 aliphatic rings. The molecule has 30 heavy (non-hydrogen) atoms. The van der Waals surface area contributed by atoms with Crippen molar-refractivity contribution in [3.8, 4) is 17.6 Å². The van der Waals surface area contributed by atoms with Gasteiger partial charge in [0.1, 0.15) is 0 Å². The molecule has 1 nitrogen and oxygen atoms in total. The van der Waals surface area contributed by atoms with Crippen LogP contribution in [0, 0.1) is 23.6 Å². The first-order chi connectivity index (χ1) is 14.3. The summed E-state index contributed by atoms with van der Waals surface area (Å²) < 4.78 is 53.8. The number of halogens is 4. The van der Waals surface area contributed by atoms with Crippen molar-refractivity contribution in [2.45, 2.75) is 51.3 Å². The maximum absolute atomic E-state index is 13.7. The van der Waals surface area contributed by atoms with Crippen LogP contribution in [-0.2, 0) is 6.42 Å². The molecule has 0 amide bonds. The third-order valence-electron chi connectivity index (χ3n) is 5.46. The van der Waals surface area contributed by atoms with Gasteiger partial charge in [0.15, 0.2) is 11.6 Å². The minimum atomic E-state index is -4.92. The number of aryl methyl sites for hydroxylation is 1. The first-order valence-electron chi connectivity index (χ1n) is 10.2. The summed E-state index contributed by atoms with van der Waals surface area (Å²) in [6.07, 6.45) is 4.41. The summed E-state index contributed by atoms with van der Waals surface area (Å²) in [5.74, 6) is 4.71. The van der Waals surface area contributed by atoms with Crippen molar-refractivity contribution in [3.05, 3.63) is 77.1 Å². The Morgan fingerprint density at radius 1 is 1.03 bits per heavy atom. The van der Waals surface area contributed by atoms with Crippen LogP contribution in [0.3, 0.4) is 0 Å². The van der Waals surface area contributed by atoms with Crippen molar-refractivity contribution >= 4 is 0 Å². The third-order valence-corrected chi connectivity index (χ3v) is 5.46. The largest absolute Gasteiger partial charge is 0.573 e. The zero-order valence-corrected chi connectivity index (χ0v) is 16.8. The second-order valence-corrected chi connectivity index (χ2v) is 7.53. The Bertz CT molecular complexity index is 924. The van der Waals surface area contributed by atoms with Gasteiger partial charge in [-0.2, -0.15) is 0 Å². The summed E-state index contributed by atoms with van der Waals surface area (Å²) in [6, 6.07) is 12.1. The summed E-state index contributed by atoms with van der Waals surface area (Å²) in [6.45, 7) is 2.16. The fraction of sp³-hybridized carbons (Fsp3) is 0.360. The van der Waals surface area contributed by atoms with Crippen molar-refractivity contribution in [1.29, 1.82) is 0 Å². The first kappa shape index (κ1) is 22.0. The summed E-state index contributed by atoms with van der Waals surface area (Å²) in [5.41, 5.74) is 3.07. The summed E-state index contributed by atoms with van der Waals surface area (Å²) in [5, 5.41) is 0. The Morgan fingerprint density at radius 2 is 1.73 bits per heavy atom. The molecule has 0 aliphatic heterocycles. The molecular formula is C25H24F4O. The topological polar surface area (TPSA) is 9.23 Å². The smallest absolute Gasteiger partial charge is 0.403 e. The van der Waals surface area contributed by atoms with E-state index < -0.39 is 17.9 Å². The number of ether oxygens (including phenoxy) is 1. The van der Waals surface area contributed by atoms with Gasteiger partial charge in [0, 0.05) is 5.56 Å². The average Bonchev–Trinajstić information content (AvgIpc) is 2.73. The van der Waals surface area contributed by atoms with Gasteiger partial charge in [-0.3, -0.25) is 0 Å². The van der Waals surface area contributed by atoms with Gasteiger partial charge < -0.3 is 4.74 Å². The summed E-state index contributed by atoms with van der Waals surface area (Å²) in [7, 11) is 0. The highest BCUT2D eigenvalue weighted by Crippen LogP contribution is 2.36. The molecule has 1 saturated carbocycles. The molecule has 0 unspecified atom stereocenters. The monoisotopic (exact) mass is 416 g/mol. The number of alkyl halides is 3. The molecular weight excluding hydrogens is 392 g/mol. The zero-order valence-electron chi connectivity index (χ0n) is 16.8. The van der Waals surface area contributed by atoms with Crippen LogP contribution < -0.4 is 4.74 Å². The fourth-order valence-corrected chi connectivity index (χ4v) is 3.77. The van der Waals surface area contributed by atoms with E-state index in [0.29, 0.717) is 17.4 Å². The van der Waals surface area contributed by atoms with Crippen LogP contribution in [0.5, 0.6) is 5.75 Å². The highest BCUT2D eigenvalue weighted by atomic mass is 19.4. The maximum atomic E-state index is 13.7. The predicted octanol–water partition coefficient (Wildman–Crippen LogP) is 7.17. The van der Waals surface area contributed by atoms with E-state index in [1.54, 1.807) is 6.08 Å². The van der Waals surface area contributed by atoms with E-state index in [2.05, 4.69) is 53.8 Å². The number of allylic oxidation sites excluding steroid dienone is 2. The molecule has 1 aliphatic carbocycles. The zero-order chi connectivity index (χ0) is 21.6. The second-order valence-electron chi connectivity index (χ2n) is 7.53. The van der Waals surface area contributed by atoms with Crippen molar-refractivity contribution in [2.24, 2.45) is 5.92 Å². The lowest BCUT2D eigenvalue weighted by Gasteiger charge is -2.27. The molecule has 0 atom stereocenters. The minimum absolute atomic E-state index is 0.297. The van der Waals surface area contributed by atoms with Gasteiger partial charge >= 0.3 is 6.36 Å². The SMILES string of the molecule is CCc1ccc(C2CCC(C=CC#Cc3ccc(OC(F)(F)F)c(F)c3)CC2)cc1. The third kappa shape index (κ3) is 6.38. The molecule has 0 N–H and O–H groups in total. The molecule has 0 saturated heterocycles. The lowest BCUT2D eigenvalue weighted by Crippen LogP contribution is -2.17. The fourth-order valence-electron chi connectivity index (χ4n) is 3.77. The van der Waals surface area contributed by atoms with Crippen LogP contribution in [0.2, 0.25) is 0 Å². The Hall–Kier alpha value is -2.74. The number of hydrogen-bond donors (Lipinski definition) is 0. The van der Waals surface area contributed by atoms with Crippen LogP contribution in [-0.4, -0.2) is 6.36 Å². The lowest BCUT2D eigenvalue weighted by molar-refractivity contribution is -0.275. The Morgan fingerprint density at radius 3 is 2.33 bits per heavy atom. The predicted molar refractivity (Wildman–Crippen MR) is 110 cm³/mol. The van der Waals surface area contributed by atoms with Gasteiger partial charge in [0.2, 0.25) is 0 Å². The van der Waals surface area contributed by atoms with E-state index >= 15 is 0 Å². The molecule has 0 spiro atoms. The van der Waals surface area contributed by atoms with Gasteiger partial charge in [0.25, 0.3) is 0 Å². The van der Waals surface area contributed by atoms with Crippen molar-refractivity contribution < 1.29 is 22.3 Å². The molecule has 3 rings (SSSR count). The van der Waals surface area contributed by atoms with E-state index in [1.165, 1.54) is 17.2 Å². The highest BCUT2D eigenvalue weighted by Gasteiger charge is 2.32. The maximum Gasteiger partial charge on any atom is 0.573 e. The Labute approximate surface area is 174 Å². The van der Waals surface area contributed by atoms with Crippen LogP contribution in [0.4, 0.5) is 17.6 Å². The van der Waals surface area contributed by atoms with E-state index in [9.17, 15) is 17.6 Å². The van der Waals surface area contributed by atoms with Crippen molar-refractivity contribution in [3.63, 3.8) is 0 Å². The van der Waals surface area contributed by atoms with E-state index in [0.717, 1.165) is 44.2 Å². The standard InChI is InChI=1S/C25H24F4O/c1-2-18-7-12-21(13-8-18)22-14-9-19(10-15-22)5-3-4-6-20-11-16-24(23(26)17-20)30-25(27,28)29/h3,5,7-8,11-13,16-17,19,22H,2,9-10,14-15H2,1H3. The molecule has 5 heteroatoms. The van der Waals surface area contributed by atoms with Crippen LogP contribution in [0.1, 0.15) is 55.2 Å². The van der Waals surface area contributed by atoms with E-state index in [1.807, 2.05) is 0 Å². The van der Waals surface area contributed by atoms with E-state index in [4.69, 9.17) is 0 Å². The van der Waals surface area contributed by atoms with Crippen LogP contribution in [0.25, 0.3) is 0 Å². The van der Waals surface area contributed by atoms with Gasteiger partial charge in [-0.15, -0.1) is 13.2 Å². The van der Waals surface area contributed by atoms with Gasteiger partial charge in [-0.25, -0.2) is 4.39 Å². The summed E-state index contributed by atoms with van der Waals surface area (Å²) >= 11 is 0. The normalized spacial score (nSPS) is 19.4. The molecule has 2 aromatic rings. The number of hydrogen-bond acceptors (Lipinski definition) is 1. The highest BCUT2D eigenvalue weighted by molar-refractivity contribution is 5.41. The summed E-state index contributed by atoms with van der Waals surface area (Å²) in [4.78, 5) is 0. The van der Waals surface area contributed by atoms with E-state index in [-0.39, 0.29) is 0 Å². The van der Waals surface area contributed by atoms with Crippen LogP contribution >= 0.6 is 0 Å². The number of rotatable bonds is 4.